The van der Waals surface area contributed by atoms with Gasteiger partial charge in [0.2, 0.25) is 5.91 Å². The third-order valence-electron chi connectivity index (χ3n) is 3.46. The van der Waals surface area contributed by atoms with Crippen LogP contribution in [-0.2, 0) is 17.8 Å². The lowest BCUT2D eigenvalue weighted by Crippen LogP contribution is -2.23. The van der Waals surface area contributed by atoms with Gasteiger partial charge in [0.05, 0.1) is 0 Å². The van der Waals surface area contributed by atoms with Crippen LogP contribution in [-0.4, -0.2) is 35.8 Å². The van der Waals surface area contributed by atoms with Crippen LogP contribution >= 0.6 is 0 Å². The van der Waals surface area contributed by atoms with Gasteiger partial charge in [-0.1, -0.05) is 18.2 Å². The Morgan fingerprint density at radius 1 is 1.09 bits per heavy atom. The predicted molar refractivity (Wildman–Crippen MR) is 88.9 cm³/mol. The van der Waals surface area contributed by atoms with Crippen LogP contribution in [0.1, 0.15) is 27.9 Å². The number of amides is 2. The van der Waals surface area contributed by atoms with Gasteiger partial charge in [-0.05, 0) is 35.7 Å². The topological polar surface area (TPSA) is 62.3 Å². The maximum absolute atomic E-state index is 11.9. The van der Waals surface area contributed by atoms with Gasteiger partial charge in [-0.2, -0.15) is 0 Å². The first kappa shape index (κ1) is 16.7. The van der Waals surface area contributed by atoms with Gasteiger partial charge in [-0.25, -0.2) is 0 Å². The van der Waals surface area contributed by atoms with Gasteiger partial charge in [0, 0.05) is 45.0 Å². The van der Waals surface area contributed by atoms with Crippen LogP contribution in [0.15, 0.2) is 48.8 Å². The highest BCUT2D eigenvalue weighted by atomic mass is 16.2. The maximum Gasteiger partial charge on any atom is 0.253 e. The molecule has 1 aromatic carbocycles. The third-order valence-corrected chi connectivity index (χ3v) is 3.46. The molecule has 0 spiro atoms. The van der Waals surface area contributed by atoms with Crippen molar-refractivity contribution in [3.05, 3.63) is 65.5 Å². The summed E-state index contributed by atoms with van der Waals surface area (Å²) in [5, 5.41) is 2.89. The molecule has 1 N–H and O–H groups in total. The van der Waals surface area contributed by atoms with Gasteiger partial charge >= 0.3 is 0 Å². The lowest BCUT2D eigenvalue weighted by molar-refractivity contribution is -0.121. The molecule has 0 radical (unpaired) electrons. The lowest BCUT2D eigenvalue weighted by Gasteiger charge is -2.11. The van der Waals surface area contributed by atoms with Crippen LogP contribution < -0.4 is 5.32 Å². The summed E-state index contributed by atoms with van der Waals surface area (Å²) in [6.07, 6.45) is 4.60. The zero-order chi connectivity index (χ0) is 16.7. The van der Waals surface area contributed by atoms with E-state index in [9.17, 15) is 9.59 Å². The summed E-state index contributed by atoms with van der Waals surface area (Å²) in [7, 11) is 3.44. The number of carbonyl (C=O) groups excluding carboxylic acids is 2. The molecular formula is C18H21N3O2. The van der Waals surface area contributed by atoms with E-state index in [1.807, 2.05) is 24.3 Å². The molecule has 0 aliphatic rings. The first-order valence-corrected chi connectivity index (χ1v) is 7.52. The van der Waals surface area contributed by atoms with Crippen molar-refractivity contribution in [3.63, 3.8) is 0 Å². The molecule has 0 fully saturated rings. The van der Waals surface area contributed by atoms with E-state index in [1.54, 1.807) is 38.6 Å². The van der Waals surface area contributed by atoms with Gasteiger partial charge in [0.1, 0.15) is 0 Å². The lowest BCUT2D eigenvalue weighted by atomic mass is 10.1. The quantitative estimate of drug-likeness (QED) is 0.888. The van der Waals surface area contributed by atoms with Crippen molar-refractivity contribution in [1.29, 1.82) is 0 Å². The Kier molecular flexibility index (Phi) is 5.86. The van der Waals surface area contributed by atoms with Crippen molar-refractivity contribution in [1.82, 2.24) is 15.2 Å². The van der Waals surface area contributed by atoms with Crippen LogP contribution in [0.5, 0.6) is 0 Å². The van der Waals surface area contributed by atoms with Crippen molar-refractivity contribution in [3.8, 4) is 0 Å². The summed E-state index contributed by atoms with van der Waals surface area (Å²) >= 11 is 0. The van der Waals surface area contributed by atoms with Crippen molar-refractivity contribution in [2.75, 3.05) is 14.1 Å². The van der Waals surface area contributed by atoms with Crippen molar-refractivity contribution >= 4 is 11.8 Å². The molecule has 2 rings (SSSR count). The molecule has 5 heteroatoms. The number of benzene rings is 1. The second-order valence-corrected chi connectivity index (χ2v) is 5.53. The first-order chi connectivity index (χ1) is 11.1. The zero-order valence-electron chi connectivity index (χ0n) is 13.5. The van der Waals surface area contributed by atoms with Crippen LogP contribution in [0.4, 0.5) is 0 Å². The molecule has 23 heavy (non-hydrogen) atoms. The number of nitrogens with one attached hydrogen (secondary N) is 1. The number of carbonyl (C=O) groups is 2. The minimum atomic E-state index is -0.0305. The van der Waals surface area contributed by atoms with E-state index in [2.05, 4.69) is 10.3 Å². The normalized spacial score (nSPS) is 10.2. The number of aromatic nitrogens is 1. The molecule has 0 aliphatic carbocycles. The number of rotatable bonds is 6. The Bertz CT molecular complexity index is 652. The Morgan fingerprint density at radius 2 is 1.83 bits per heavy atom. The van der Waals surface area contributed by atoms with Gasteiger partial charge in [0.15, 0.2) is 0 Å². The third kappa shape index (κ3) is 5.21. The van der Waals surface area contributed by atoms with Gasteiger partial charge in [-0.3, -0.25) is 14.6 Å². The summed E-state index contributed by atoms with van der Waals surface area (Å²) in [5.74, 6) is -0.0284. The van der Waals surface area contributed by atoms with Crippen LogP contribution in [0.2, 0.25) is 0 Å². The van der Waals surface area contributed by atoms with E-state index in [-0.39, 0.29) is 11.8 Å². The predicted octanol–water partition coefficient (Wildman–Crippen LogP) is 2.03. The van der Waals surface area contributed by atoms with Gasteiger partial charge < -0.3 is 10.2 Å². The van der Waals surface area contributed by atoms with Crippen molar-refractivity contribution in [2.24, 2.45) is 0 Å². The first-order valence-electron chi connectivity index (χ1n) is 7.52. The van der Waals surface area contributed by atoms with Crippen molar-refractivity contribution in [2.45, 2.75) is 19.4 Å². The highest BCUT2D eigenvalue weighted by Crippen LogP contribution is 2.07. The van der Waals surface area contributed by atoms with E-state index in [4.69, 9.17) is 0 Å². The molecule has 120 valence electrons. The zero-order valence-corrected chi connectivity index (χ0v) is 13.5. The fourth-order valence-corrected chi connectivity index (χ4v) is 2.12. The molecule has 0 bridgehead atoms. The average molecular weight is 311 g/mol. The molecule has 0 atom stereocenters. The van der Waals surface area contributed by atoms with Crippen LogP contribution in [0, 0.1) is 0 Å². The minimum absolute atomic E-state index is 0.00213. The average Bonchev–Trinajstić information content (AvgIpc) is 2.58. The maximum atomic E-state index is 11.9. The molecule has 0 saturated heterocycles. The number of aryl methyl sites for hydroxylation is 1. The molecule has 1 heterocycles. The summed E-state index contributed by atoms with van der Waals surface area (Å²) in [6.45, 7) is 0.461. The standard InChI is InChI=1S/C18H21N3O2/c1-21(2)18(23)16-8-5-15(6-9-16)13-20-17(22)10-7-14-4-3-11-19-12-14/h3-6,8-9,11-12H,7,10,13H2,1-2H3,(H,20,22). The van der Waals surface area contributed by atoms with Gasteiger partial charge in [-0.15, -0.1) is 0 Å². The Hall–Kier alpha value is -2.69. The van der Waals surface area contributed by atoms with Crippen LogP contribution in [0.25, 0.3) is 0 Å². The largest absolute Gasteiger partial charge is 0.352 e. The Morgan fingerprint density at radius 3 is 2.43 bits per heavy atom. The van der Waals surface area contributed by atoms with E-state index < -0.39 is 0 Å². The summed E-state index contributed by atoms with van der Waals surface area (Å²) in [5.41, 5.74) is 2.66. The number of hydrogen-bond donors (Lipinski definition) is 1. The number of hydrogen-bond acceptors (Lipinski definition) is 3. The minimum Gasteiger partial charge on any atom is -0.352 e. The number of pyridine rings is 1. The van der Waals surface area contributed by atoms with E-state index in [1.165, 1.54) is 4.90 Å². The molecule has 2 aromatic rings. The number of nitrogens with zero attached hydrogens (tertiary/aromatic N) is 2. The summed E-state index contributed by atoms with van der Waals surface area (Å²) < 4.78 is 0. The molecule has 5 nitrogen and oxygen atoms in total. The SMILES string of the molecule is CN(C)C(=O)c1ccc(CNC(=O)CCc2cccnc2)cc1. The second-order valence-electron chi connectivity index (χ2n) is 5.53. The molecule has 0 unspecified atom stereocenters. The highest BCUT2D eigenvalue weighted by Gasteiger charge is 2.07. The molecule has 2 amide bonds. The smallest absolute Gasteiger partial charge is 0.253 e. The highest BCUT2D eigenvalue weighted by molar-refractivity contribution is 5.93. The Balaban J connectivity index is 1.79. The van der Waals surface area contributed by atoms with E-state index in [0.717, 1.165) is 11.1 Å². The Labute approximate surface area is 136 Å². The van der Waals surface area contributed by atoms with Gasteiger partial charge in [0.25, 0.3) is 5.91 Å². The molecule has 0 saturated carbocycles. The van der Waals surface area contributed by atoms with E-state index >= 15 is 0 Å². The van der Waals surface area contributed by atoms with Crippen molar-refractivity contribution < 1.29 is 9.59 Å². The fraction of sp³-hybridized carbons (Fsp3) is 0.278. The summed E-state index contributed by atoms with van der Waals surface area (Å²) in [4.78, 5) is 29.2. The molecular weight excluding hydrogens is 290 g/mol. The van der Waals surface area contributed by atoms with Crippen LogP contribution in [0.3, 0.4) is 0 Å². The molecule has 1 aromatic heterocycles. The van der Waals surface area contributed by atoms with E-state index in [0.29, 0.717) is 24.9 Å². The summed E-state index contributed by atoms with van der Waals surface area (Å²) in [6, 6.07) is 11.1. The fourth-order valence-electron chi connectivity index (χ4n) is 2.12. The second kappa shape index (κ2) is 8.08. The monoisotopic (exact) mass is 311 g/mol. The molecule has 0 aliphatic heterocycles.